The number of amides is 1. The molecule has 1 aliphatic heterocycles. The van der Waals surface area contributed by atoms with Crippen LogP contribution in [-0.2, 0) is 43.2 Å². The second kappa shape index (κ2) is 14.4. The highest BCUT2D eigenvalue weighted by atomic mass is 16.7. The summed E-state index contributed by atoms with van der Waals surface area (Å²) < 4.78 is 26.7. The fourth-order valence-corrected chi connectivity index (χ4v) is 5.08. The summed E-state index contributed by atoms with van der Waals surface area (Å²) in [6.07, 6.45) is -2.07. The molecule has 1 heterocycles. The second-order valence-electron chi connectivity index (χ2n) is 10.3. The van der Waals surface area contributed by atoms with Gasteiger partial charge in [0.15, 0.2) is 6.23 Å². The Balaban J connectivity index is 1.48. The lowest BCUT2D eigenvalue weighted by atomic mass is 9.85. The SMILES string of the molecule is COc1ccc(CC(Cc2ccc(OC)cc2)N2C(=O)C(C(C)OC(=O)OCc3ccc([N+](=O)[O-])cc3)C2OC(C)=O)cc1. The van der Waals surface area contributed by atoms with Crippen molar-refractivity contribution < 1.29 is 43.0 Å². The van der Waals surface area contributed by atoms with E-state index >= 15 is 0 Å². The molecule has 12 nitrogen and oxygen atoms in total. The molecule has 3 aromatic rings. The molecule has 232 valence electrons. The molecule has 3 aromatic carbocycles. The smallest absolute Gasteiger partial charge is 0.497 e. The summed E-state index contributed by atoms with van der Waals surface area (Å²) in [5.74, 6) is -0.466. The Bertz CT molecular complexity index is 1410. The number of non-ortho nitro benzene ring substituents is 1. The molecule has 0 bridgehead atoms. The largest absolute Gasteiger partial charge is 0.508 e. The molecule has 0 aliphatic carbocycles. The lowest BCUT2D eigenvalue weighted by molar-refractivity contribution is -0.384. The van der Waals surface area contributed by atoms with Crippen LogP contribution in [0, 0.1) is 16.0 Å². The van der Waals surface area contributed by atoms with E-state index in [1.165, 1.54) is 43.0 Å². The van der Waals surface area contributed by atoms with Gasteiger partial charge in [0, 0.05) is 25.1 Å². The molecule has 0 saturated carbocycles. The summed E-state index contributed by atoms with van der Waals surface area (Å²) in [7, 11) is 3.16. The van der Waals surface area contributed by atoms with E-state index in [4.69, 9.17) is 23.7 Å². The summed E-state index contributed by atoms with van der Waals surface area (Å²) in [6.45, 7) is 2.60. The second-order valence-corrected chi connectivity index (χ2v) is 10.3. The number of β-lactam (4-membered cyclic amide) rings is 1. The number of likely N-dealkylation sites (tertiary alicyclic amines) is 1. The number of nitro benzene ring substituents is 1. The van der Waals surface area contributed by atoms with Crippen LogP contribution in [0.1, 0.15) is 30.5 Å². The molecule has 3 unspecified atom stereocenters. The zero-order valence-electron chi connectivity index (χ0n) is 24.8. The standard InChI is InChI=1S/C32H34N2O10/c1-20(43-32(37)42-19-24-5-11-25(12-6-24)34(38)39)29-30(36)33(31(29)44-21(2)35)26(17-22-7-13-27(40-3)14-8-22)18-23-9-15-28(41-4)16-10-23/h5-16,20,26,29,31H,17-19H2,1-4H3. The van der Waals surface area contributed by atoms with Gasteiger partial charge in [0.1, 0.15) is 30.1 Å². The van der Waals surface area contributed by atoms with Crippen molar-refractivity contribution >= 4 is 23.7 Å². The summed E-state index contributed by atoms with van der Waals surface area (Å²) in [6, 6.07) is 20.1. The van der Waals surface area contributed by atoms with Crippen molar-refractivity contribution in [3.05, 3.63) is 99.6 Å². The molecule has 12 heteroatoms. The first-order valence-corrected chi connectivity index (χ1v) is 13.9. The van der Waals surface area contributed by atoms with E-state index < -0.39 is 41.3 Å². The molecule has 0 N–H and O–H groups in total. The van der Waals surface area contributed by atoms with Crippen LogP contribution in [0.2, 0.25) is 0 Å². The van der Waals surface area contributed by atoms with Crippen LogP contribution in [0.25, 0.3) is 0 Å². The molecular formula is C32H34N2O10. The molecule has 44 heavy (non-hydrogen) atoms. The van der Waals surface area contributed by atoms with Gasteiger partial charge in [-0.3, -0.25) is 19.7 Å². The molecular weight excluding hydrogens is 572 g/mol. The maximum Gasteiger partial charge on any atom is 0.508 e. The minimum absolute atomic E-state index is 0.0909. The van der Waals surface area contributed by atoms with E-state index in [0.717, 1.165) is 11.1 Å². The molecule has 1 fully saturated rings. The quantitative estimate of drug-likeness (QED) is 0.115. The number of nitrogens with zero attached hydrogens (tertiary/aromatic N) is 2. The van der Waals surface area contributed by atoms with E-state index in [1.807, 2.05) is 48.5 Å². The van der Waals surface area contributed by atoms with Crippen molar-refractivity contribution in [3.8, 4) is 11.5 Å². The van der Waals surface area contributed by atoms with E-state index in [-0.39, 0.29) is 18.2 Å². The van der Waals surface area contributed by atoms with Gasteiger partial charge in [-0.05, 0) is 72.9 Å². The van der Waals surface area contributed by atoms with Crippen LogP contribution >= 0.6 is 0 Å². The summed E-state index contributed by atoms with van der Waals surface area (Å²) in [5, 5.41) is 10.8. The third-order valence-corrected chi connectivity index (χ3v) is 7.35. The number of hydrogen-bond acceptors (Lipinski definition) is 10. The number of hydrogen-bond donors (Lipinski definition) is 0. The summed E-state index contributed by atoms with van der Waals surface area (Å²) in [5.41, 5.74) is 2.32. The minimum atomic E-state index is -1.03. The number of carbonyl (C=O) groups excluding carboxylic acids is 3. The average Bonchev–Trinajstić information content (AvgIpc) is 3.00. The van der Waals surface area contributed by atoms with Crippen molar-refractivity contribution in [2.45, 2.75) is 51.7 Å². The first-order valence-electron chi connectivity index (χ1n) is 13.9. The summed E-state index contributed by atoms with van der Waals surface area (Å²) in [4.78, 5) is 50.1. The average molecular weight is 607 g/mol. The third-order valence-electron chi connectivity index (χ3n) is 7.35. The Morgan fingerprint density at radius 3 is 1.82 bits per heavy atom. The van der Waals surface area contributed by atoms with Crippen LogP contribution in [0.5, 0.6) is 11.5 Å². The van der Waals surface area contributed by atoms with Crippen LogP contribution in [0.3, 0.4) is 0 Å². The van der Waals surface area contributed by atoms with Gasteiger partial charge in [0.2, 0.25) is 5.91 Å². The highest BCUT2D eigenvalue weighted by Gasteiger charge is 2.56. The third kappa shape index (κ3) is 7.82. The lowest BCUT2D eigenvalue weighted by Gasteiger charge is -2.51. The Hall–Kier alpha value is -5.13. The number of methoxy groups -OCH3 is 2. The maximum atomic E-state index is 13.7. The molecule has 0 spiro atoms. The monoisotopic (exact) mass is 606 g/mol. The van der Waals surface area contributed by atoms with Crippen LogP contribution in [-0.4, -0.2) is 60.4 Å². The van der Waals surface area contributed by atoms with E-state index in [2.05, 4.69) is 0 Å². The van der Waals surface area contributed by atoms with Crippen molar-refractivity contribution in [3.63, 3.8) is 0 Å². The van der Waals surface area contributed by atoms with Crippen molar-refractivity contribution in [2.24, 2.45) is 5.92 Å². The number of carbonyl (C=O) groups is 3. The van der Waals surface area contributed by atoms with Gasteiger partial charge >= 0.3 is 12.1 Å². The number of ether oxygens (including phenoxy) is 5. The van der Waals surface area contributed by atoms with E-state index in [1.54, 1.807) is 14.2 Å². The zero-order valence-corrected chi connectivity index (χ0v) is 24.8. The van der Waals surface area contributed by atoms with Crippen molar-refractivity contribution in [2.75, 3.05) is 14.2 Å². The fourth-order valence-electron chi connectivity index (χ4n) is 5.08. The number of benzene rings is 3. The topological polar surface area (TPSA) is 144 Å². The molecule has 4 rings (SSSR count). The molecule has 1 aliphatic rings. The first-order chi connectivity index (χ1) is 21.1. The van der Waals surface area contributed by atoms with Gasteiger partial charge in [-0.1, -0.05) is 24.3 Å². The first kappa shape index (κ1) is 31.8. The van der Waals surface area contributed by atoms with Gasteiger partial charge in [-0.2, -0.15) is 0 Å². The number of esters is 1. The van der Waals surface area contributed by atoms with Gasteiger partial charge in [-0.15, -0.1) is 0 Å². The van der Waals surface area contributed by atoms with E-state index in [9.17, 15) is 24.5 Å². The Kier molecular flexibility index (Phi) is 10.4. The molecule has 0 aromatic heterocycles. The van der Waals surface area contributed by atoms with Gasteiger partial charge < -0.3 is 28.6 Å². The predicted octanol–water partition coefficient (Wildman–Crippen LogP) is 4.86. The Morgan fingerprint density at radius 1 is 0.864 bits per heavy atom. The minimum Gasteiger partial charge on any atom is -0.497 e. The number of rotatable bonds is 13. The zero-order chi connectivity index (χ0) is 31.8. The van der Waals surface area contributed by atoms with Gasteiger partial charge in [-0.25, -0.2) is 4.79 Å². The highest BCUT2D eigenvalue weighted by Crippen LogP contribution is 2.36. The molecule has 0 radical (unpaired) electrons. The summed E-state index contributed by atoms with van der Waals surface area (Å²) >= 11 is 0. The van der Waals surface area contributed by atoms with E-state index in [0.29, 0.717) is 29.9 Å². The normalized spacial score (nSPS) is 16.5. The maximum absolute atomic E-state index is 13.7. The fraction of sp³-hybridized carbons (Fsp3) is 0.344. The number of nitro groups is 1. The Labute approximate surface area is 254 Å². The Morgan fingerprint density at radius 2 is 1.36 bits per heavy atom. The molecule has 1 amide bonds. The predicted molar refractivity (Wildman–Crippen MR) is 157 cm³/mol. The van der Waals surface area contributed by atoms with Gasteiger partial charge in [0.05, 0.1) is 19.1 Å². The van der Waals surface area contributed by atoms with Crippen LogP contribution in [0.4, 0.5) is 10.5 Å². The van der Waals surface area contributed by atoms with Crippen molar-refractivity contribution in [1.82, 2.24) is 4.90 Å². The van der Waals surface area contributed by atoms with Crippen LogP contribution < -0.4 is 9.47 Å². The lowest BCUT2D eigenvalue weighted by Crippen LogP contribution is -2.69. The van der Waals surface area contributed by atoms with Crippen LogP contribution in [0.15, 0.2) is 72.8 Å². The van der Waals surface area contributed by atoms with Crippen molar-refractivity contribution in [1.29, 1.82) is 0 Å². The van der Waals surface area contributed by atoms with Gasteiger partial charge in [0.25, 0.3) is 5.69 Å². The molecule has 3 atom stereocenters. The highest BCUT2D eigenvalue weighted by molar-refractivity contribution is 5.87. The molecule has 1 saturated heterocycles.